The number of hydrogen-bond donors (Lipinski definition) is 5. The van der Waals surface area contributed by atoms with Gasteiger partial charge < -0.3 is 30.4 Å². The number of fused-ring (bicyclic) bond motifs is 2. The average Bonchev–Trinajstić information content (AvgIpc) is 4.07. The van der Waals surface area contributed by atoms with Gasteiger partial charge in [0, 0.05) is 69.3 Å². The van der Waals surface area contributed by atoms with E-state index in [9.17, 15) is 0 Å². The van der Waals surface area contributed by atoms with Crippen LogP contribution in [0, 0.1) is 11.8 Å². The van der Waals surface area contributed by atoms with Crippen molar-refractivity contribution in [3.05, 3.63) is 114 Å². The normalized spacial score (nSPS) is 23.8. The number of halogens is 1. The molecule has 0 unspecified atom stereocenters. The number of nitrogens with one attached hydrogen (secondary N) is 3. The summed E-state index contributed by atoms with van der Waals surface area (Å²) in [5.74, 6) is -0.997. The number of aromatic nitrogens is 6. The number of carboxylic acids is 2. The Morgan fingerprint density at radius 1 is 0.737 bits per heavy atom. The first-order chi connectivity index (χ1) is 27.6. The molecule has 0 aliphatic carbocycles. The van der Waals surface area contributed by atoms with Gasteiger partial charge in [-0.2, -0.15) is 0 Å². The molecule has 14 nitrogen and oxygen atoms in total. The van der Waals surface area contributed by atoms with E-state index < -0.39 is 11.9 Å². The Balaban J connectivity index is 0.000000132. The van der Waals surface area contributed by atoms with Crippen molar-refractivity contribution in [2.24, 2.45) is 11.8 Å². The number of H-pyrrole nitrogens is 2. The van der Waals surface area contributed by atoms with Gasteiger partial charge in [0.05, 0.1) is 10.8 Å². The fourth-order valence-electron chi connectivity index (χ4n) is 8.81. The second-order valence-electron chi connectivity index (χ2n) is 15.3. The minimum absolute atomic E-state index is 0.281. The molecule has 4 aliphatic rings. The van der Waals surface area contributed by atoms with Gasteiger partial charge in [-0.05, 0) is 54.5 Å². The van der Waals surface area contributed by atoms with Crippen LogP contribution in [0.25, 0.3) is 22.1 Å². The summed E-state index contributed by atoms with van der Waals surface area (Å²) >= 11 is 5.73. The van der Waals surface area contributed by atoms with Gasteiger partial charge in [0.1, 0.15) is 34.9 Å². The van der Waals surface area contributed by atoms with Crippen molar-refractivity contribution in [1.29, 1.82) is 0 Å². The van der Waals surface area contributed by atoms with Crippen LogP contribution >= 0.6 is 11.6 Å². The van der Waals surface area contributed by atoms with E-state index in [0.717, 1.165) is 65.9 Å². The van der Waals surface area contributed by atoms with Crippen LogP contribution < -0.4 is 10.2 Å². The molecule has 10 rings (SSSR count). The molecule has 4 atom stereocenters. The van der Waals surface area contributed by atoms with Gasteiger partial charge in [0.2, 0.25) is 0 Å². The monoisotopic (exact) mass is 792 g/mol. The molecule has 15 heteroatoms. The van der Waals surface area contributed by atoms with Crippen LogP contribution in [-0.4, -0.2) is 112 Å². The first-order valence-corrected chi connectivity index (χ1v) is 19.7. The molecular weight excluding hydrogens is 744 g/mol. The highest BCUT2D eigenvalue weighted by Gasteiger charge is 2.55. The van der Waals surface area contributed by atoms with Crippen LogP contribution in [0.5, 0.6) is 0 Å². The summed E-state index contributed by atoms with van der Waals surface area (Å²) in [5.41, 5.74) is 5.30. The van der Waals surface area contributed by atoms with E-state index >= 15 is 0 Å². The summed E-state index contributed by atoms with van der Waals surface area (Å²) in [6.45, 7) is 13.9. The third-order valence-corrected chi connectivity index (χ3v) is 12.4. The van der Waals surface area contributed by atoms with Gasteiger partial charge in [-0.1, -0.05) is 86.1 Å². The van der Waals surface area contributed by atoms with E-state index in [1.807, 2.05) is 12.3 Å². The Labute approximate surface area is 336 Å². The predicted molar refractivity (Wildman–Crippen MR) is 220 cm³/mol. The van der Waals surface area contributed by atoms with Gasteiger partial charge >= 0.3 is 11.9 Å². The molecule has 2 spiro atoms. The van der Waals surface area contributed by atoms with Crippen molar-refractivity contribution in [1.82, 2.24) is 45.0 Å². The van der Waals surface area contributed by atoms with E-state index in [2.05, 4.69) is 130 Å². The number of aliphatic carboxylic acids is 2. The summed E-state index contributed by atoms with van der Waals surface area (Å²) in [4.78, 5) is 48.8. The Morgan fingerprint density at radius 2 is 1.28 bits per heavy atom. The molecule has 4 aliphatic heterocycles. The van der Waals surface area contributed by atoms with E-state index in [1.54, 1.807) is 12.5 Å². The summed E-state index contributed by atoms with van der Waals surface area (Å²) in [7, 11) is 0. The number of carbonyl (C=O) groups is 2. The molecule has 0 radical (unpaired) electrons. The molecule has 4 aromatic heterocycles. The zero-order valence-electron chi connectivity index (χ0n) is 32.2. The Morgan fingerprint density at radius 3 is 1.81 bits per heavy atom. The molecule has 4 fully saturated rings. The number of likely N-dealkylation sites (tertiary alicyclic amines) is 2. The molecule has 0 saturated carbocycles. The lowest BCUT2D eigenvalue weighted by atomic mass is 9.74. The van der Waals surface area contributed by atoms with Gasteiger partial charge in [0.15, 0.2) is 0 Å². The highest BCUT2D eigenvalue weighted by atomic mass is 35.5. The van der Waals surface area contributed by atoms with E-state index in [0.29, 0.717) is 10.7 Å². The number of rotatable bonds is 5. The van der Waals surface area contributed by atoms with Crippen LogP contribution in [0.1, 0.15) is 37.8 Å². The summed E-state index contributed by atoms with van der Waals surface area (Å²) in [6.07, 6.45) is 9.36. The zero-order valence-corrected chi connectivity index (χ0v) is 32.9. The largest absolute Gasteiger partial charge is 0.473 e. The molecule has 6 aromatic rings. The first kappa shape index (κ1) is 39.8. The SMILES string of the molecule is C[C@H]1CN(Cc2ccccc2)[C@]12CCN(c1ncnc3[nH]ccc13)C2.C[C@H]1CN(Cc2ccccc2)[C@]12CCNC2.Clc1ncnc2[nH]ccc12.O=C(O)C(=O)O. The summed E-state index contributed by atoms with van der Waals surface area (Å²) < 4.78 is 0. The fraction of sp³-hybridized carbons (Fsp3) is 0.381. The van der Waals surface area contributed by atoms with Crippen molar-refractivity contribution in [3.8, 4) is 0 Å². The van der Waals surface area contributed by atoms with Gasteiger partial charge in [-0.25, -0.2) is 29.5 Å². The molecule has 8 heterocycles. The minimum atomic E-state index is -1.82. The maximum absolute atomic E-state index is 9.10. The second-order valence-corrected chi connectivity index (χ2v) is 15.6. The molecule has 0 bridgehead atoms. The van der Waals surface area contributed by atoms with Crippen molar-refractivity contribution < 1.29 is 19.8 Å². The lowest BCUT2D eigenvalue weighted by Gasteiger charge is -2.56. The van der Waals surface area contributed by atoms with E-state index in [-0.39, 0.29) is 5.54 Å². The maximum atomic E-state index is 9.10. The third kappa shape index (κ3) is 8.49. The smallest absolute Gasteiger partial charge is 0.414 e. The Hall–Kier alpha value is -5.41. The number of aromatic amines is 2. The quantitative estimate of drug-likeness (QED) is 0.106. The number of carboxylic acid groups (broad SMARTS) is 2. The minimum Gasteiger partial charge on any atom is -0.473 e. The van der Waals surface area contributed by atoms with Crippen LogP contribution in [0.2, 0.25) is 5.15 Å². The lowest BCUT2D eigenvalue weighted by Crippen LogP contribution is -2.66. The van der Waals surface area contributed by atoms with Crippen molar-refractivity contribution in [2.45, 2.75) is 50.9 Å². The molecule has 4 saturated heterocycles. The maximum Gasteiger partial charge on any atom is 0.414 e. The van der Waals surface area contributed by atoms with Crippen molar-refractivity contribution in [3.63, 3.8) is 0 Å². The number of benzene rings is 2. The fourth-order valence-corrected chi connectivity index (χ4v) is 9.01. The van der Waals surface area contributed by atoms with Gasteiger partial charge in [-0.3, -0.25) is 9.80 Å². The highest BCUT2D eigenvalue weighted by molar-refractivity contribution is 6.33. The number of anilines is 1. The molecule has 0 amide bonds. The van der Waals surface area contributed by atoms with Crippen LogP contribution in [0.3, 0.4) is 0 Å². The van der Waals surface area contributed by atoms with Gasteiger partial charge in [-0.15, -0.1) is 0 Å². The van der Waals surface area contributed by atoms with Gasteiger partial charge in [0.25, 0.3) is 0 Å². The molecule has 298 valence electrons. The van der Waals surface area contributed by atoms with E-state index in [4.69, 9.17) is 31.4 Å². The Kier molecular flexibility index (Phi) is 12.1. The van der Waals surface area contributed by atoms with Crippen LogP contribution in [-0.2, 0) is 22.7 Å². The number of nitrogens with zero attached hydrogens (tertiary/aromatic N) is 7. The lowest BCUT2D eigenvalue weighted by molar-refractivity contribution is -0.159. The summed E-state index contributed by atoms with van der Waals surface area (Å²) in [6, 6.07) is 25.6. The highest BCUT2D eigenvalue weighted by Crippen LogP contribution is 2.46. The molecule has 2 aromatic carbocycles. The Bertz CT molecular complexity index is 2250. The average molecular weight is 793 g/mol. The third-order valence-electron chi connectivity index (χ3n) is 12.1. The molecule has 5 N–H and O–H groups in total. The second kappa shape index (κ2) is 17.4. The van der Waals surface area contributed by atoms with E-state index in [1.165, 1.54) is 56.5 Å². The van der Waals surface area contributed by atoms with Crippen molar-refractivity contribution >= 4 is 51.4 Å². The van der Waals surface area contributed by atoms with Crippen LogP contribution in [0.15, 0.2) is 97.8 Å². The van der Waals surface area contributed by atoms with Crippen LogP contribution in [0.4, 0.5) is 5.82 Å². The zero-order chi connectivity index (χ0) is 40.0. The predicted octanol–water partition coefficient (Wildman–Crippen LogP) is 5.70. The molecular formula is C42H49ClN10O4. The summed E-state index contributed by atoms with van der Waals surface area (Å²) in [5, 5.41) is 20.8. The van der Waals surface area contributed by atoms with Crippen molar-refractivity contribution in [2.75, 3.05) is 44.2 Å². The topological polar surface area (TPSA) is 179 Å². The standard InChI is InChI=1S/C20H23N5.C14H20N2.C6H4ClN3.C2H2O4/c1-15-11-25(12-16-5-3-2-4-6-16)20(15)8-10-24(13-20)19-17-7-9-21-18(17)22-14-23-19;1-12-9-16(14(12)7-8-15-11-14)10-13-5-3-2-4-6-13;7-5-4-1-2-8-6(4)10-3-9-5;3-1(4)2(5)6/h2-7,9,14-15H,8,10-13H2,1H3,(H,21,22,23);2-6,12,15H,7-11H2,1H3;1-3H,(H,8,9,10);(H,3,4)(H,5,6)/t15-,20-;12-,14-;;/m00../s1. The first-order valence-electron chi connectivity index (χ1n) is 19.3. The molecule has 57 heavy (non-hydrogen) atoms. The number of hydrogen-bond acceptors (Lipinski definition) is 10.